The van der Waals surface area contributed by atoms with Crippen molar-refractivity contribution in [1.29, 1.82) is 0 Å². The van der Waals surface area contributed by atoms with Gasteiger partial charge >= 0.3 is 0 Å². The van der Waals surface area contributed by atoms with Gasteiger partial charge in [-0.3, -0.25) is 4.79 Å². The first-order valence-corrected chi connectivity index (χ1v) is 7.19. The number of carbonyl (C=O) groups is 1. The summed E-state index contributed by atoms with van der Waals surface area (Å²) in [4.78, 5) is 15.0. The first kappa shape index (κ1) is 13.9. The highest BCUT2D eigenvalue weighted by Crippen LogP contribution is 2.24. The average molecular weight is 330 g/mol. The molecule has 0 saturated carbocycles. The van der Waals surface area contributed by atoms with E-state index in [2.05, 4.69) is 28.6 Å². The van der Waals surface area contributed by atoms with Gasteiger partial charge in [0.25, 0.3) is 5.91 Å². The molecule has 0 spiro atoms. The van der Waals surface area contributed by atoms with Crippen LogP contribution in [-0.4, -0.2) is 35.1 Å². The van der Waals surface area contributed by atoms with Crippen LogP contribution in [0.4, 0.5) is 0 Å². The van der Waals surface area contributed by atoms with Crippen molar-refractivity contribution in [3.05, 3.63) is 28.2 Å². The van der Waals surface area contributed by atoms with Crippen molar-refractivity contribution in [3.8, 4) is 0 Å². The lowest BCUT2D eigenvalue weighted by Gasteiger charge is -2.34. The first-order chi connectivity index (χ1) is 8.49. The summed E-state index contributed by atoms with van der Waals surface area (Å²) >= 11 is 7.65. The quantitative estimate of drug-likeness (QED) is 0.777. The van der Waals surface area contributed by atoms with Gasteiger partial charge in [0.1, 0.15) is 0 Å². The Bertz CT molecular complexity index is 466. The Morgan fingerprint density at radius 2 is 2.28 bits per heavy atom. The van der Waals surface area contributed by atoms with Gasteiger partial charge in [0.15, 0.2) is 0 Å². The Morgan fingerprint density at radius 1 is 1.56 bits per heavy atom. The summed E-state index contributed by atoms with van der Waals surface area (Å²) in [6.45, 7) is 3.17. The summed E-state index contributed by atoms with van der Waals surface area (Å²) < 4.78 is 0.782. The lowest BCUT2D eigenvalue weighted by atomic mass is 9.96. The highest BCUT2D eigenvalue weighted by molar-refractivity contribution is 9.10. The average Bonchev–Trinajstić information content (AvgIpc) is 2.35. The summed E-state index contributed by atoms with van der Waals surface area (Å²) in [5, 5.41) is 9.69. The van der Waals surface area contributed by atoms with Gasteiger partial charge in [-0.05, 0) is 46.5 Å². The van der Waals surface area contributed by atoms with Gasteiger partial charge in [0.2, 0.25) is 0 Å². The van der Waals surface area contributed by atoms with Gasteiger partial charge < -0.3 is 10.0 Å². The molecule has 98 valence electrons. The Balaban J connectivity index is 2.19. The topological polar surface area (TPSA) is 40.5 Å². The molecule has 5 heteroatoms. The fourth-order valence-electron chi connectivity index (χ4n) is 2.17. The normalized spacial score (nSPS) is 24.1. The largest absolute Gasteiger partial charge is 0.393 e. The summed E-state index contributed by atoms with van der Waals surface area (Å²) in [7, 11) is 0. The van der Waals surface area contributed by atoms with Crippen molar-refractivity contribution >= 4 is 34.5 Å². The van der Waals surface area contributed by atoms with Crippen molar-refractivity contribution in [1.82, 2.24) is 4.90 Å². The van der Waals surface area contributed by atoms with Crippen LogP contribution in [0.5, 0.6) is 0 Å². The van der Waals surface area contributed by atoms with E-state index in [4.69, 9.17) is 0 Å². The zero-order valence-electron chi connectivity index (χ0n) is 10.1. The predicted molar refractivity (Wildman–Crippen MR) is 77.1 cm³/mol. The van der Waals surface area contributed by atoms with E-state index in [1.807, 2.05) is 19.1 Å². The van der Waals surface area contributed by atoms with Crippen LogP contribution in [-0.2, 0) is 0 Å². The molecule has 2 atom stereocenters. The molecule has 2 rings (SSSR count). The van der Waals surface area contributed by atoms with Crippen LogP contribution in [0.1, 0.15) is 23.7 Å². The number of hydrogen-bond acceptors (Lipinski definition) is 3. The second kappa shape index (κ2) is 5.63. The molecular weight excluding hydrogens is 314 g/mol. The lowest BCUT2D eigenvalue weighted by Crippen LogP contribution is -2.45. The van der Waals surface area contributed by atoms with E-state index < -0.39 is 0 Å². The molecule has 1 aromatic rings. The second-order valence-corrected chi connectivity index (χ2v) is 6.12. The molecule has 0 aromatic heterocycles. The minimum atomic E-state index is -0.297. The molecule has 3 nitrogen and oxygen atoms in total. The van der Waals surface area contributed by atoms with E-state index in [1.54, 1.807) is 11.0 Å². The Morgan fingerprint density at radius 3 is 2.94 bits per heavy atom. The third-order valence-electron chi connectivity index (χ3n) is 3.33. The van der Waals surface area contributed by atoms with Crippen molar-refractivity contribution in [2.45, 2.75) is 24.3 Å². The number of piperidine rings is 1. The van der Waals surface area contributed by atoms with E-state index in [0.29, 0.717) is 25.1 Å². The number of amides is 1. The maximum atomic E-state index is 12.4. The summed E-state index contributed by atoms with van der Waals surface area (Å²) in [5.74, 6) is 0.122. The maximum absolute atomic E-state index is 12.4. The minimum absolute atomic E-state index is 0.00322. The molecule has 18 heavy (non-hydrogen) atoms. The van der Waals surface area contributed by atoms with Gasteiger partial charge in [-0.15, -0.1) is 12.6 Å². The summed E-state index contributed by atoms with van der Waals surface area (Å²) in [5.41, 5.74) is 0.631. The Hall–Kier alpha value is -0.520. The molecule has 0 bridgehead atoms. The number of carbonyl (C=O) groups excluding carboxylic acids is 1. The monoisotopic (exact) mass is 329 g/mol. The first-order valence-electron chi connectivity index (χ1n) is 5.95. The molecule has 1 aliphatic heterocycles. The SMILES string of the molecule is CC1CN(C(=O)c2cc(S)ccc2Br)CCC1O. The molecule has 1 saturated heterocycles. The highest BCUT2D eigenvalue weighted by Gasteiger charge is 2.28. The molecule has 1 heterocycles. The van der Waals surface area contributed by atoms with Crippen LogP contribution in [0.25, 0.3) is 0 Å². The van der Waals surface area contributed by atoms with Crippen LogP contribution in [0.2, 0.25) is 0 Å². The van der Waals surface area contributed by atoms with Crippen LogP contribution in [0.15, 0.2) is 27.6 Å². The zero-order chi connectivity index (χ0) is 13.3. The lowest BCUT2D eigenvalue weighted by molar-refractivity contribution is 0.0297. The Kier molecular flexibility index (Phi) is 4.35. The van der Waals surface area contributed by atoms with Crippen molar-refractivity contribution in [2.75, 3.05) is 13.1 Å². The molecular formula is C13H16BrNO2S. The molecule has 0 radical (unpaired) electrons. The molecule has 1 N–H and O–H groups in total. The van der Waals surface area contributed by atoms with Gasteiger partial charge in [-0.25, -0.2) is 0 Å². The zero-order valence-corrected chi connectivity index (χ0v) is 12.6. The van der Waals surface area contributed by atoms with Gasteiger partial charge in [-0.2, -0.15) is 0 Å². The van der Waals surface area contributed by atoms with Crippen molar-refractivity contribution in [2.24, 2.45) is 5.92 Å². The number of rotatable bonds is 1. The van der Waals surface area contributed by atoms with Gasteiger partial charge in [0, 0.05) is 22.5 Å². The molecule has 0 aliphatic carbocycles. The van der Waals surface area contributed by atoms with Crippen LogP contribution >= 0.6 is 28.6 Å². The second-order valence-electron chi connectivity index (χ2n) is 4.75. The molecule has 2 unspecified atom stereocenters. The van der Waals surface area contributed by atoms with E-state index in [-0.39, 0.29) is 17.9 Å². The standard InChI is InChI=1S/C13H16BrNO2S/c1-8-7-15(5-4-12(8)16)13(17)10-6-9(18)2-3-11(10)14/h2-3,6,8,12,16,18H,4-5,7H2,1H3. The van der Waals surface area contributed by atoms with Crippen molar-refractivity contribution in [3.63, 3.8) is 0 Å². The number of halogens is 1. The smallest absolute Gasteiger partial charge is 0.255 e. The molecule has 1 amide bonds. The number of thiol groups is 1. The third-order valence-corrected chi connectivity index (χ3v) is 4.30. The Labute approximate surface area is 121 Å². The molecule has 1 aromatic carbocycles. The van der Waals surface area contributed by atoms with Crippen LogP contribution in [0.3, 0.4) is 0 Å². The third kappa shape index (κ3) is 2.90. The number of nitrogens with zero attached hydrogens (tertiary/aromatic N) is 1. The van der Waals surface area contributed by atoms with Crippen LogP contribution in [0, 0.1) is 5.92 Å². The summed E-state index contributed by atoms with van der Waals surface area (Å²) in [6.07, 6.45) is 0.346. The molecule has 1 fully saturated rings. The number of hydrogen-bond donors (Lipinski definition) is 2. The van der Waals surface area contributed by atoms with E-state index in [0.717, 1.165) is 9.37 Å². The maximum Gasteiger partial charge on any atom is 0.255 e. The van der Waals surface area contributed by atoms with Crippen LogP contribution < -0.4 is 0 Å². The number of likely N-dealkylation sites (tertiary alicyclic amines) is 1. The number of aliphatic hydroxyl groups excluding tert-OH is 1. The summed E-state index contributed by atoms with van der Waals surface area (Å²) in [6, 6.07) is 5.44. The fourth-order valence-corrected chi connectivity index (χ4v) is 2.79. The van der Waals surface area contributed by atoms with Crippen molar-refractivity contribution < 1.29 is 9.90 Å². The predicted octanol–water partition coefficient (Wildman–Crippen LogP) is 2.58. The van der Waals surface area contributed by atoms with E-state index in [1.165, 1.54) is 0 Å². The van der Waals surface area contributed by atoms with E-state index in [9.17, 15) is 9.90 Å². The van der Waals surface area contributed by atoms with E-state index >= 15 is 0 Å². The number of aliphatic hydroxyl groups is 1. The van der Waals surface area contributed by atoms with Gasteiger partial charge in [-0.1, -0.05) is 6.92 Å². The number of benzene rings is 1. The fraction of sp³-hybridized carbons (Fsp3) is 0.462. The minimum Gasteiger partial charge on any atom is -0.393 e. The molecule has 1 aliphatic rings. The highest BCUT2D eigenvalue weighted by atomic mass is 79.9. The van der Waals surface area contributed by atoms with Gasteiger partial charge in [0.05, 0.1) is 11.7 Å².